The van der Waals surface area contributed by atoms with Gasteiger partial charge in [-0.1, -0.05) is 13.8 Å². The summed E-state index contributed by atoms with van der Waals surface area (Å²) < 4.78 is 12.3. The van der Waals surface area contributed by atoms with E-state index >= 15 is 0 Å². The first-order valence-corrected chi connectivity index (χ1v) is 7.77. The summed E-state index contributed by atoms with van der Waals surface area (Å²) in [5.74, 6) is 1.84. The van der Waals surface area contributed by atoms with Crippen LogP contribution >= 0.6 is 0 Å². The summed E-state index contributed by atoms with van der Waals surface area (Å²) in [6.07, 6.45) is 1.61. The van der Waals surface area contributed by atoms with Crippen molar-refractivity contribution in [3.8, 4) is 11.5 Å². The van der Waals surface area contributed by atoms with Gasteiger partial charge in [0.15, 0.2) is 0 Å². The van der Waals surface area contributed by atoms with Gasteiger partial charge in [0, 0.05) is 12.6 Å². The molecular formula is C17H21N5O2. The molecule has 2 aromatic heterocycles. The zero-order valence-corrected chi connectivity index (χ0v) is 14.3. The molecule has 126 valence electrons. The van der Waals surface area contributed by atoms with Crippen LogP contribution in [0.1, 0.15) is 31.0 Å². The minimum atomic E-state index is 0.314. The van der Waals surface area contributed by atoms with Gasteiger partial charge in [0.1, 0.15) is 17.8 Å². The molecule has 0 aliphatic heterocycles. The summed E-state index contributed by atoms with van der Waals surface area (Å²) in [5.41, 5.74) is 3.63. The normalized spacial score (nSPS) is 11.0. The molecule has 1 N–H and O–H groups in total. The SMILES string of the molecule is COc1cc(CNc2cc(C(C)C)nn3cnnc23)cc(OC)c1. The summed E-state index contributed by atoms with van der Waals surface area (Å²) in [6, 6.07) is 7.82. The molecule has 0 atom stereocenters. The second kappa shape index (κ2) is 6.74. The van der Waals surface area contributed by atoms with E-state index in [0.717, 1.165) is 28.4 Å². The number of methoxy groups -OCH3 is 2. The van der Waals surface area contributed by atoms with Gasteiger partial charge in [-0.05, 0) is 29.7 Å². The quantitative estimate of drug-likeness (QED) is 0.750. The van der Waals surface area contributed by atoms with Crippen LogP contribution in [0.15, 0.2) is 30.6 Å². The van der Waals surface area contributed by atoms with E-state index in [1.54, 1.807) is 25.1 Å². The lowest BCUT2D eigenvalue weighted by atomic mass is 10.1. The van der Waals surface area contributed by atoms with Crippen LogP contribution in [0.5, 0.6) is 11.5 Å². The number of anilines is 1. The van der Waals surface area contributed by atoms with Crippen molar-refractivity contribution in [3.63, 3.8) is 0 Å². The number of rotatable bonds is 6. The van der Waals surface area contributed by atoms with Crippen molar-refractivity contribution >= 4 is 11.3 Å². The summed E-state index contributed by atoms with van der Waals surface area (Å²) >= 11 is 0. The van der Waals surface area contributed by atoms with Gasteiger partial charge in [0.05, 0.1) is 25.6 Å². The van der Waals surface area contributed by atoms with Crippen LogP contribution in [-0.2, 0) is 6.54 Å². The van der Waals surface area contributed by atoms with Crippen molar-refractivity contribution in [2.24, 2.45) is 0 Å². The van der Waals surface area contributed by atoms with Gasteiger partial charge in [-0.2, -0.15) is 9.61 Å². The van der Waals surface area contributed by atoms with E-state index in [-0.39, 0.29) is 0 Å². The molecule has 0 fully saturated rings. The Balaban J connectivity index is 1.89. The number of aromatic nitrogens is 4. The molecule has 0 saturated heterocycles. The number of hydrogen-bond acceptors (Lipinski definition) is 6. The summed E-state index contributed by atoms with van der Waals surface area (Å²) in [6.45, 7) is 4.82. The second-order valence-corrected chi connectivity index (χ2v) is 5.81. The number of nitrogens with zero attached hydrogens (tertiary/aromatic N) is 4. The number of benzene rings is 1. The molecule has 0 aliphatic rings. The van der Waals surface area contributed by atoms with Crippen LogP contribution in [-0.4, -0.2) is 34.0 Å². The van der Waals surface area contributed by atoms with E-state index in [2.05, 4.69) is 34.5 Å². The monoisotopic (exact) mass is 327 g/mol. The molecule has 0 saturated carbocycles. The highest BCUT2D eigenvalue weighted by Gasteiger charge is 2.11. The molecule has 3 aromatic rings. The molecule has 3 rings (SSSR count). The highest BCUT2D eigenvalue weighted by Crippen LogP contribution is 2.24. The second-order valence-electron chi connectivity index (χ2n) is 5.81. The maximum atomic E-state index is 5.31. The van der Waals surface area contributed by atoms with E-state index in [1.807, 2.05) is 24.3 Å². The first-order chi connectivity index (χ1) is 11.6. The number of nitrogens with one attached hydrogen (secondary N) is 1. The fourth-order valence-corrected chi connectivity index (χ4v) is 2.42. The third-order valence-corrected chi connectivity index (χ3v) is 3.77. The van der Waals surface area contributed by atoms with Crippen LogP contribution in [0.2, 0.25) is 0 Å². The third-order valence-electron chi connectivity index (χ3n) is 3.77. The van der Waals surface area contributed by atoms with Crippen molar-refractivity contribution in [1.82, 2.24) is 19.8 Å². The molecule has 0 aliphatic carbocycles. The molecule has 7 nitrogen and oxygen atoms in total. The zero-order chi connectivity index (χ0) is 17.1. The predicted molar refractivity (Wildman–Crippen MR) is 91.7 cm³/mol. The Hall–Kier alpha value is -2.83. The van der Waals surface area contributed by atoms with Crippen molar-refractivity contribution in [2.45, 2.75) is 26.3 Å². The third kappa shape index (κ3) is 3.24. The lowest BCUT2D eigenvalue weighted by molar-refractivity contribution is 0.393. The summed E-state index contributed by atoms with van der Waals surface area (Å²) in [5, 5.41) is 16.0. The predicted octanol–water partition coefficient (Wildman–Crippen LogP) is 2.88. The highest BCUT2D eigenvalue weighted by atomic mass is 16.5. The van der Waals surface area contributed by atoms with Gasteiger partial charge in [-0.25, -0.2) is 0 Å². The largest absolute Gasteiger partial charge is 0.497 e. The first-order valence-electron chi connectivity index (χ1n) is 7.77. The molecule has 0 bridgehead atoms. The molecule has 0 unspecified atom stereocenters. The molecular weight excluding hydrogens is 306 g/mol. The Kier molecular flexibility index (Phi) is 4.50. The minimum absolute atomic E-state index is 0.314. The zero-order valence-electron chi connectivity index (χ0n) is 14.3. The first kappa shape index (κ1) is 16.0. The number of fused-ring (bicyclic) bond motifs is 1. The molecule has 0 radical (unpaired) electrons. The standard InChI is InChI=1S/C17H21N5O2/c1-11(2)15-8-16(17-20-19-10-22(17)21-15)18-9-12-5-13(23-3)7-14(6-12)24-4/h5-8,10-11,18H,9H2,1-4H3. The van der Waals surface area contributed by atoms with Gasteiger partial charge >= 0.3 is 0 Å². The maximum Gasteiger partial charge on any atom is 0.200 e. The van der Waals surface area contributed by atoms with Crippen molar-refractivity contribution in [1.29, 1.82) is 0 Å². The number of hydrogen-bond donors (Lipinski definition) is 1. The Morgan fingerprint density at radius 3 is 2.42 bits per heavy atom. The van der Waals surface area contributed by atoms with Crippen molar-refractivity contribution in [2.75, 3.05) is 19.5 Å². The summed E-state index contributed by atoms with van der Waals surface area (Å²) in [4.78, 5) is 0. The Morgan fingerprint density at radius 2 is 1.79 bits per heavy atom. The van der Waals surface area contributed by atoms with Gasteiger partial charge < -0.3 is 14.8 Å². The highest BCUT2D eigenvalue weighted by molar-refractivity contribution is 5.67. The molecule has 0 spiro atoms. The molecule has 1 aromatic carbocycles. The van der Waals surface area contributed by atoms with E-state index in [1.165, 1.54) is 0 Å². The number of ether oxygens (including phenoxy) is 2. The van der Waals surface area contributed by atoms with Crippen molar-refractivity contribution in [3.05, 3.63) is 41.9 Å². The van der Waals surface area contributed by atoms with Crippen LogP contribution in [0.25, 0.3) is 5.65 Å². The van der Waals surface area contributed by atoms with E-state index < -0.39 is 0 Å². The van der Waals surface area contributed by atoms with Crippen LogP contribution in [0, 0.1) is 0 Å². The Bertz CT molecular complexity index is 822. The van der Waals surface area contributed by atoms with E-state index in [4.69, 9.17) is 9.47 Å². The Labute approximate surface area is 140 Å². The van der Waals surface area contributed by atoms with Gasteiger partial charge in [-0.3, -0.25) is 0 Å². The van der Waals surface area contributed by atoms with Crippen molar-refractivity contribution < 1.29 is 9.47 Å². The van der Waals surface area contributed by atoms with Crippen LogP contribution < -0.4 is 14.8 Å². The lowest BCUT2D eigenvalue weighted by Crippen LogP contribution is -2.06. The molecule has 0 amide bonds. The van der Waals surface area contributed by atoms with E-state index in [9.17, 15) is 0 Å². The fraction of sp³-hybridized carbons (Fsp3) is 0.353. The molecule has 2 heterocycles. The topological polar surface area (TPSA) is 73.6 Å². The average molecular weight is 327 g/mol. The smallest absolute Gasteiger partial charge is 0.200 e. The summed E-state index contributed by atoms with van der Waals surface area (Å²) in [7, 11) is 3.28. The maximum absolute atomic E-state index is 5.31. The molecule has 24 heavy (non-hydrogen) atoms. The van der Waals surface area contributed by atoms with E-state index in [0.29, 0.717) is 18.1 Å². The van der Waals surface area contributed by atoms with Gasteiger partial charge in [-0.15, -0.1) is 10.2 Å². The van der Waals surface area contributed by atoms with Gasteiger partial charge in [0.2, 0.25) is 5.65 Å². The lowest BCUT2D eigenvalue weighted by Gasteiger charge is -2.12. The van der Waals surface area contributed by atoms with Gasteiger partial charge in [0.25, 0.3) is 0 Å². The Morgan fingerprint density at radius 1 is 1.08 bits per heavy atom. The molecule has 7 heteroatoms. The fourth-order valence-electron chi connectivity index (χ4n) is 2.42. The van der Waals surface area contributed by atoms with Crippen LogP contribution in [0.3, 0.4) is 0 Å². The minimum Gasteiger partial charge on any atom is -0.497 e. The average Bonchev–Trinajstić information content (AvgIpc) is 3.07. The van der Waals surface area contributed by atoms with Crippen LogP contribution in [0.4, 0.5) is 5.69 Å².